The summed E-state index contributed by atoms with van der Waals surface area (Å²) in [6.07, 6.45) is 5.53. The summed E-state index contributed by atoms with van der Waals surface area (Å²) in [6.45, 7) is 8.10. The molecule has 0 unspecified atom stereocenters. The van der Waals surface area contributed by atoms with Crippen LogP contribution in [-0.4, -0.2) is 37.1 Å². The van der Waals surface area contributed by atoms with Crippen LogP contribution in [-0.2, 0) is 0 Å². The Morgan fingerprint density at radius 1 is 1.15 bits per heavy atom. The summed E-state index contributed by atoms with van der Waals surface area (Å²) in [7, 11) is 2.12. The van der Waals surface area contributed by atoms with Crippen LogP contribution in [0.4, 0.5) is 0 Å². The molecule has 0 radical (unpaired) electrons. The Labute approximate surface area is 82.7 Å². The Kier molecular flexibility index (Phi) is 4.20. The van der Waals surface area contributed by atoms with Crippen molar-refractivity contribution in [1.29, 1.82) is 0 Å². The number of hydrogen-bond acceptors (Lipinski definition) is 2. The van der Waals surface area contributed by atoms with Crippen LogP contribution in [0.1, 0.15) is 39.5 Å². The van der Waals surface area contributed by atoms with Gasteiger partial charge in [-0.3, -0.25) is 0 Å². The zero-order valence-electron chi connectivity index (χ0n) is 9.40. The van der Waals surface area contributed by atoms with Gasteiger partial charge in [0.2, 0.25) is 0 Å². The largest absolute Gasteiger partial charge is 0.313 e. The van der Waals surface area contributed by atoms with Crippen LogP contribution >= 0.6 is 0 Å². The summed E-state index contributed by atoms with van der Waals surface area (Å²) >= 11 is 0. The van der Waals surface area contributed by atoms with E-state index in [-0.39, 0.29) is 0 Å². The van der Waals surface area contributed by atoms with E-state index in [1.54, 1.807) is 0 Å². The molecule has 2 heteroatoms. The van der Waals surface area contributed by atoms with Crippen LogP contribution in [0.3, 0.4) is 0 Å². The molecule has 0 aromatic carbocycles. The molecule has 0 aromatic rings. The van der Waals surface area contributed by atoms with Crippen LogP contribution < -0.4 is 5.32 Å². The highest BCUT2D eigenvalue weighted by atomic mass is 15.2. The molecule has 0 bridgehead atoms. The molecule has 0 heterocycles. The highest BCUT2D eigenvalue weighted by molar-refractivity contribution is 4.93. The van der Waals surface area contributed by atoms with E-state index in [0.29, 0.717) is 5.54 Å². The molecule has 0 aromatic heterocycles. The molecule has 0 aliphatic heterocycles. The fraction of sp³-hybridized carbons (Fsp3) is 1.00. The maximum absolute atomic E-state index is 3.53. The predicted octanol–water partition coefficient (Wildman–Crippen LogP) is 1.86. The first-order chi connectivity index (χ1) is 6.26. The Hall–Kier alpha value is -0.0800. The minimum Gasteiger partial charge on any atom is -0.313 e. The van der Waals surface area contributed by atoms with Gasteiger partial charge in [-0.2, -0.15) is 0 Å². The highest BCUT2D eigenvalue weighted by Crippen LogP contribution is 2.29. The number of rotatable bonds is 5. The van der Waals surface area contributed by atoms with E-state index >= 15 is 0 Å². The van der Waals surface area contributed by atoms with Crippen molar-refractivity contribution in [1.82, 2.24) is 10.2 Å². The van der Waals surface area contributed by atoms with Crippen molar-refractivity contribution in [3.63, 3.8) is 0 Å². The van der Waals surface area contributed by atoms with Gasteiger partial charge in [0.15, 0.2) is 0 Å². The molecule has 1 N–H and O–H groups in total. The van der Waals surface area contributed by atoms with Gasteiger partial charge in [0.1, 0.15) is 0 Å². The zero-order chi connectivity index (χ0) is 9.73. The van der Waals surface area contributed by atoms with Crippen molar-refractivity contribution >= 4 is 0 Å². The van der Waals surface area contributed by atoms with Crippen LogP contribution in [0, 0.1) is 0 Å². The molecular formula is C11H24N2. The van der Waals surface area contributed by atoms with Gasteiger partial charge < -0.3 is 10.2 Å². The second kappa shape index (κ2) is 4.97. The molecule has 1 aliphatic carbocycles. The van der Waals surface area contributed by atoms with Crippen molar-refractivity contribution in [2.45, 2.75) is 45.1 Å². The van der Waals surface area contributed by atoms with E-state index in [2.05, 4.69) is 31.1 Å². The van der Waals surface area contributed by atoms with E-state index in [0.717, 1.165) is 0 Å². The average Bonchev–Trinajstić information content (AvgIpc) is 2.63. The molecule has 1 rings (SSSR count). The summed E-state index contributed by atoms with van der Waals surface area (Å²) in [6, 6.07) is 0. The minimum atomic E-state index is 0.437. The van der Waals surface area contributed by atoms with E-state index in [1.165, 1.54) is 45.3 Å². The second-order valence-corrected chi connectivity index (χ2v) is 4.20. The minimum absolute atomic E-state index is 0.437. The van der Waals surface area contributed by atoms with Crippen LogP contribution in [0.5, 0.6) is 0 Å². The number of nitrogens with zero attached hydrogens (tertiary/aromatic N) is 1. The summed E-state index contributed by atoms with van der Waals surface area (Å²) < 4.78 is 0. The molecule has 13 heavy (non-hydrogen) atoms. The summed E-state index contributed by atoms with van der Waals surface area (Å²) in [5.41, 5.74) is 0.437. The predicted molar refractivity (Wildman–Crippen MR) is 58.0 cm³/mol. The third kappa shape index (κ3) is 2.68. The van der Waals surface area contributed by atoms with E-state index in [4.69, 9.17) is 0 Å². The van der Waals surface area contributed by atoms with E-state index < -0.39 is 0 Å². The molecule has 2 nitrogen and oxygen atoms in total. The number of likely N-dealkylation sites (N-methyl/N-ethyl adjacent to an activating group) is 2. The molecular weight excluding hydrogens is 160 g/mol. The zero-order valence-corrected chi connectivity index (χ0v) is 9.40. The third-order valence-corrected chi connectivity index (χ3v) is 3.51. The Balaban J connectivity index is 2.46. The van der Waals surface area contributed by atoms with Gasteiger partial charge in [0.25, 0.3) is 0 Å². The average molecular weight is 184 g/mol. The maximum Gasteiger partial charge on any atom is 0.0306 e. The van der Waals surface area contributed by atoms with Crippen molar-refractivity contribution in [2.24, 2.45) is 0 Å². The summed E-state index contributed by atoms with van der Waals surface area (Å²) in [5, 5.41) is 3.53. The smallest absolute Gasteiger partial charge is 0.0306 e. The molecule has 1 fully saturated rings. The van der Waals surface area contributed by atoms with Crippen molar-refractivity contribution in [2.75, 3.05) is 26.7 Å². The molecule has 0 spiro atoms. The fourth-order valence-electron chi connectivity index (χ4n) is 2.41. The lowest BCUT2D eigenvalue weighted by atomic mass is 9.97. The van der Waals surface area contributed by atoms with Crippen LogP contribution in [0.15, 0.2) is 0 Å². The first-order valence-electron chi connectivity index (χ1n) is 5.67. The topological polar surface area (TPSA) is 15.3 Å². The lowest BCUT2D eigenvalue weighted by molar-refractivity contribution is 0.201. The normalized spacial score (nSPS) is 21.2. The van der Waals surface area contributed by atoms with E-state index in [1.807, 2.05) is 0 Å². The van der Waals surface area contributed by atoms with Crippen molar-refractivity contribution < 1.29 is 0 Å². The van der Waals surface area contributed by atoms with Gasteiger partial charge in [-0.05, 0) is 33.0 Å². The Morgan fingerprint density at radius 2 is 1.69 bits per heavy atom. The molecule has 0 saturated heterocycles. The van der Waals surface area contributed by atoms with Gasteiger partial charge in [-0.25, -0.2) is 0 Å². The number of nitrogens with one attached hydrogen (secondary N) is 1. The van der Waals surface area contributed by atoms with Crippen LogP contribution in [0.25, 0.3) is 0 Å². The quantitative estimate of drug-likeness (QED) is 0.701. The van der Waals surface area contributed by atoms with Crippen LogP contribution in [0.2, 0.25) is 0 Å². The lowest BCUT2D eigenvalue weighted by Crippen LogP contribution is -2.50. The van der Waals surface area contributed by atoms with Gasteiger partial charge in [0, 0.05) is 12.1 Å². The molecule has 0 amide bonds. The Morgan fingerprint density at radius 3 is 2.08 bits per heavy atom. The van der Waals surface area contributed by atoms with Crippen molar-refractivity contribution in [3.8, 4) is 0 Å². The molecule has 0 atom stereocenters. The third-order valence-electron chi connectivity index (χ3n) is 3.51. The number of hydrogen-bond donors (Lipinski definition) is 1. The molecule has 1 saturated carbocycles. The standard InChI is InChI=1S/C11H24N2/c1-4-13(5-2)10-11(12-3)8-6-7-9-11/h12H,4-10H2,1-3H3. The summed E-state index contributed by atoms with van der Waals surface area (Å²) in [4.78, 5) is 2.53. The van der Waals surface area contributed by atoms with E-state index in [9.17, 15) is 0 Å². The Bertz CT molecular complexity index is 135. The van der Waals surface area contributed by atoms with Gasteiger partial charge in [0.05, 0.1) is 0 Å². The maximum atomic E-state index is 3.53. The van der Waals surface area contributed by atoms with Gasteiger partial charge in [-0.15, -0.1) is 0 Å². The molecule has 78 valence electrons. The first kappa shape index (κ1) is 11.0. The first-order valence-corrected chi connectivity index (χ1v) is 5.67. The monoisotopic (exact) mass is 184 g/mol. The highest BCUT2D eigenvalue weighted by Gasteiger charge is 2.32. The lowest BCUT2D eigenvalue weighted by Gasteiger charge is -2.34. The fourth-order valence-corrected chi connectivity index (χ4v) is 2.41. The van der Waals surface area contributed by atoms with Gasteiger partial charge in [-0.1, -0.05) is 26.7 Å². The summed E-state index contributed by atoms with van der Waals surface area (Å²) in [5.74, 6) is 0. The van der Waals surface area contributed by atoms with Gasteiger partial charge >= 0.3 is 0 Å². The SMILES string of the molecule is CCN(CC)CC1(NC)CCCC1. The van der Waals surface area contributed by atoms with Crippen molar-refractivity contribution in [3.05, 3.63) is 0 Å². The second-order valence-electron chi connectivity index (χ2n) is 4.20. The molecule has 1 aliphatic rings.